The van der Waals surface area contributed by atoms with Crippen molar-refractivity contribution >= 4 is 0 Å². The van der Waals surface area contributed by atoms with Gasteiger partial charge >= 0.3 is 0 Å². The summed E-state index contributed by atoms with van der Waals surface area (Å²) in [5, 5.41) is 0. The topological polar surface area (TPSA) is 0 Å². The van der Waals surface area contributed by atoms with Crippen molar-refractivity contribution in [2.75, 3.05) is 0 Å². The molecule has 0 nitrogen and oxygen atoms in total. The summed E-state index contributed by atoms with van der Waals surface area (Å²) in [5.41, 5.74) is 0. The zero-order chi connectivity index (χ0) is 20.4. The van der Waals surface area contributed by atoms with Crippen molar-refractivity contribution in [3.8, 4) is 0 Å². The van der Waals surface area contributed by atoms with E-state index in [0.717, 1.165) is 6.42 Å². The Morgan fingerprint density at radius 2 is 0.571 bits per heavy atom. The minimum absolute atomic E-state index is 1.07. The van der Waals surface area contributed by atoms with Gasteiger partial charge in [0.1, 0.15) is 0 Å². The van der Waals surface area contributed by atoms with Gasteiger partial charge in [0.05, 0.1) is 0 Å². The molecule has 0 aliphatic carbocycles. The summed E-state index contributed by atoms with van der Waals surface area (Å²) in [4.78, 5) is 0. The second kappa shape index (κ2) is 23.6. The molecular formula is C28H32. The number of hydrogen-bond acceptors (Lipinski definition) is 0. The Morgan fingerprint density at radius 3 is 0.786 bits per heavy atom. The molecule has 0 aromatic rings. The van der Waals surface area contributed by atoms with E-state index in [1.807, 2.05) is 134 Å². The summed E-state index contributed by atoms with van der Waals surface area (Å²) in [6, 6.07) is 0. The van der Waals surface area contributed by atoms with Gasteiger partial charge in [-0.05, 0) is 6.42 Å². The Kier molecular flexibility index (Phi) is 20.8. The lowest BCUT2D eigenvalue weighted by Crippen LogP contribution is -1.54. The highest BCUT2D eigenvalue weighted by Crippen LogP contribution is 1.88. The van der Waals surface area contributed by atoms with Crippen LogP contribution < -0.4 is 0 Å². The molecule has 0 aliphatic rings. The van der Waals surface area contributed by atoms with Gasteiger partial charge in [-0.3, -0.25) is 0 Å². The van der Waals surface area contributed by atoms with Gasteiger partial charge in [0.25, 0.3) is 0 Å². The van der Waals surface area contributed by atoms with Crippen LogP contribution in [0.4, 0.5) is 0 Å². The Labute approximate surface area is 172 Å². The van der Waals surface area contributed by atoms with Crippen LogP contribution >= 0.6 is 0 Å². The molecule has 28 heavy (non-hydrogen) atoms. The van der Waals surface area contributed by atoms with Gasteiger partial charge < -0.3 is 0 Å². The molecule has 0 saturated carbocycles. The van der Waals surface area contributed by atoms with Gasteiger partial charge in [-0.25, -0.2) is 0 Å². The molecule has 0 saturated heterocycles. The maximum atomic E-state index is 3.61. The summed E-state index contributed by atoms with van der Waals surface area (Å²) in [5.74, 6) is 0. The van der Waals surface area contributed by atoms with Crippen molar-refractivity contribution < 1.29 is 0 Å². The summed E-state index contributed by atoms with van der Waals surface area (Å²) in [7, 11) is 0. The molecule has 0 aromatic carbocycles. The van der Waals surface area contributed by atoms with E-state index in [1.54, 1.807) is 6.08 Å². The van der Waals surface area contributed by atoms with Gasteiger partial charge in [-0.15, -0.1) is 0 Å². The Balaban J connectivity index is 3.94. The Morgan fingerprint density at radius 1 is 0.357 bits per heavy atom. The third-order valence-electron chi connectivity index (χ3n) is 2.95. The summed E-state index contributed by atoms with van der Waals surface area (Å²) in [6.07, 6.45) is 50.8. The van der Waals surface area contributed by atoms with E-state index in [4.69, 9.17) is 0 Å². The quantitative estimate of drug-likeness (QED) is 0.287. The maximum absolute atomic E-state index is 3.61. The largest absolute Gasteiger partial charge is 0.0991 e. The molecule has 0 spiro atoms. The first-order chi connectivity index (χ1) is 13.9. The predicted molar refractivity (Wildman–Crippen MR) is 130 cm³/mol. The fourth-order valence-corrected chi connectivity index (χ4v) is 1.64. The summed E-state index contributed by atoms with van der Waals surface area (Å²) in [6.45, 7) is 5.73. The Hall–Kier alpha value is -3.38. The summed E-state index contributed by atoms with van der Waals surface area (Å²) >= 11 is 0. The third-order valence-corrected chi connectivity index (χ3v) is 2.95. The van der Waals surface area contributed by atoms with E-state index in [0.29, 0.717) is 0 Å². The second-order valence-corrected chi connectivity index (χ2v) is 5.31. The molecule has 0 aromatic heterocycles. The van der Waals surface area contributed by atoms with Crippen LogP contribution in [0.3, 0.4) is 0 Å². The molecule has 0 rings (SSSR count). The van der Waals surface area contributed by atoms with Crippen molar-refractivity contribution in [1.29, 1.82) is 0 Å². The van der Waals surface area contributed by atoms with Crippen molar-refractivity contribution in [2.24, 2.45) is 0 Å². The minimum Gasteiger partial charge on any atom is -0.0991 e. The van der Waals surface area contributed by atoms with E-state index >= 15 is 0 Å². The van der Waals surface area contributed by atoms with Crippen LogP contribution in [-0.2, 0) is 0 Å². The van der Waals surface area contributed by atoms with Crippen LogP contribution in [0.5, 0.6) is 0 Å². The molecule has 0 aliphatic heterocycles. The highest BCUT2D eigenvalue weighted by atomic mass is 13.7. The normalized spacial score (nSPS) is 14.6. The SMILES string of the molecule is C=C/C=C/C=C/C=C/C=C/C=C/C=C/C=C/C=C/C=C/C=C/C=C/C=C/CC. The lowest BCUT2D eigenvalue weighted by Gasteiger charge is -1.76. The molecule has 0 radical (unpaired) electrons. The van der Waals surface area contributed by atoms with Crippen LogP contribution in [0.25, 0.3) is 0 Å². The van der Waals surface area contributed by atoms with E-state index in [2.05, 4.69) is 25.7 Å². The lowest BCUT2D eigenvalue weighted by molar-refractivity contribution is 1.22. The molecule has 0 fully saturated rings. The molecule has 0 atom stereocenters. The van der Waals surface area contributed by atoms with Crippen molar-refractivity contribution in [2.45, 2.75) is 13.3 Å². The number of rotatable bonds is 13. The monoisotopic (exact) mass is 368 g/mol. The zero-order valence-corrected chi connectivity index (χ0v) is 16.8. The van der Waals surface area contributed by atoms with E-state index < -0.39 is 0 Å². The van der Waals surface area contributed by atoms with Crippen molar-refractivity contribution in [1.82, 2.24) is 0 Å². The molecule has 0 amide bonds. The molecule has 144 valence electrons. The van der Waals surface area contributed by atoms with Crippen LogP contribution in [0.1, 0.15) is 13.3 Å². The average molecular weight is 369 g/mol. The predicted octanol–water partition coefficient (Wildman–Crippen LogP) is 8.26. The van der Waals surface area contributed by atoms with E-state index in [9.17, 15) is 0 Å². The molecular weight excluding hydrogens is 336 g/mol. The van der Waals surface area contributed by atoms with Gasteiger partial charge in [0.15, 0.2) is 0 Å². The number of hydrogen-bond donors (Lipinski definition) is 0. The summed E-state index contributed by atoms with van der Waals surface area (Å²) < 4.78 is 0. The van der Waals surface area contributed by atoms with Crippen molar-refractivity contribution in [3.05, 3.63) is 158 Å². The first-order valence-corrected chi connectivity index (χ1v) is 9.52. The highest BCUT2D eigenvalue weighted by Gasteiger charge is 1.66. The minimum atomic E-state index is 1.07. The van der Waals surface area contributed by atoms with Gasteiger partial charge in [0, 0.05) is 0 Å². The fraction of sp³-hybridized carbons (Fsp3) is 0.0714. The molecule has 0 unspecified atom stereocenters. The smallest absolute Gasteiger partial charge is 0.0376 e. The third kappa shape index (κ3) is 22.6. The van der Waals surface area contributed by atoms with Crippen LogP contribution in [0, 0.1) is 0 Å². The fourth-order valence-electron chi connectivity index (χ4n) is 1.64. The average Bonchev–Trinajstić information content (AvgIpc) is 2.71. The standard InChI is InChI=1S/C28H32/c1-3-5-7-9-11-13-15-17-19-21-23-25-27-28-26-24-22-20-18-16-14-12-10-8-6-4-2/h3,5-28H,1,4H2,2H3/b7-5+,8-6+,11-9+,12-10+,15-13+,16-14+,19-17+,20-18+,23-21+,24-22+,27-25+,28-26+. The zero-order valence-electron chi connectivity index (χ0n) is 16.8. The molecule has 0 heterocycles. The van der Waals surface area contributed by atoms with Crippen LogP contribution in [-0.4, -0.2) is 0 Å². The highest BCUT2D eigenvalue weighted by molar-refractivity contribution is 5.23. The molecule has 0 N–H and O–H groups in total. The van der Waals surface area contributed by atoms with Crippen molar-refractivity contribution in [3.63, 3.8) is 0 Å². The maximum Gasteiger partial charge on any atom is -0.0376 e. The van der Waals surface area contributed by atoms with Crippen LogP contribution in [0.15, 0.2) is 158 Å². The molecule has 0 heteroatoms. The van der Waals surface area contributed by atoms with Crippen LogP contribution in [0.2, 0.25) is 0 Å². The lowest BCUT2D eigenvalue weighted by atomic mass is 10.3. The van der Waals surface area contributed by atoms with Gasteiger partial charge in [-0.2, -0.15) is 0 Å². The van der Waals surface area contributed by atoms with Gasteiger partial charge in [-0.1, -0.05) is 165 Å². The first-order valence-electron chi connectivity index (χ1n) is 9.52. The number of allylic oxidation sites excluding steroid dienone is 25. The molecule has 0 bridgehead atoms. The Bertz CT molecular complexity index is 718. The second-order valence-electron chi connectivity index (χ2n) is 5.31. The van der Waals surface area contributed by atoms with Gasteiger partial charge in [0.2, 0.25) is 0 Å². The van der Waals surface area contributed by atoms with E-state index in [-0.39, 0.29) is 0 Å². The van der Waals surface area contributed by atoms with E-state index in [1.165, 1.54) is 0 Å². The first kappa shape index (κ1) is 24.6.